The van der Waals surface area contributed by atoms with Gasteiger partial charge < -0.3 is 126 Å². The van der Waals surface area contributed by atoms with Gasteiger partial charge in [0.15, 0.2) is 0 Å². The van der Waals surface area contributed by atoms with E-state index in [4.69, 9.17) is 132 Å². The first-order chi connectivity index (χ1) is 46.2. The van der Waals surface area contributed by atoms with Crippen LogP contribution in [0.4, 0.5) is 0 Å². The van der Waals surface area contributed by atoms with Crippen molar-refractivity contribution in [2.24, 2.45) is 0 Å². The molecule has 30 nitrogen and oxygen atoms in total. The molecule has 8 heterocycles. The standard InChI is InChI=1S/C11H20O2Si2.2C8H28O12Si9.C8H11Si.2C5H12OSi.C3H9ClOSi.Li.H2O/c1-12-15(4,5)13-14(2,3)11-9-7-6-8-10-11;2*1-21-9-23(2)12-26(5)14-24(3)10-22-11-25(4)15-27(6,13-23)19-29(8,18-26)20-28(7,16-24)17-25;1-9(2)8-6-4-3-5-7-8;2*1-5-7(3,4)6-2;1-5-6(2,3)4;;/h6-10H,1-5H3;2*21-22H2,1-8H3;3-7H,1-2H3;2*5H,1H2,2-4H3;1-3H3;;1H2/q;;;-1;;;;+1;/p-1. The van der Waals surface area contributed by atoms with E-state index < -0.39 is 204 Å². The second-order valence-electron chi connectivity index (χ2n) is 28.1. The van der Waals surface area contributed by atoms with Crippen LogP contribution in [0.5, 0.6) is 0 Å². The van der Waals surface area contributed by atoms with Crippen molar-refractivity contribution >= 4 is 234 Å². The van der Waals surface area contributed by atoms with E-state index in [9.17, 15) is 0 Å². The van der Waals surface area contributed by atoms with Gasteiger partial charge in [-0.15, -0.1) is 24.2 Å². The van der Waals surface area contributed by atoms with Gasteiger partial charge in [-0.2, -0.15) is 18.3 Å². The summed E-state index contributed by atoms with van der Waals surface area (Å²) >= 11 is 5.63. The quantitative estimate of drug-likeness (QED) is 0.188. The zero-order valence-corrected chi connectivity index (χ0v) is 94.2. The third kappa shape index (κ3) is 33.1. The minimum atomic E-state index is -3.42. The predicted molar refractivity (Wildman–Crippen MR) is 449 cm³/mol. The van der Waals surface area contributed by atoms with Crippen molar-refractivity contribution < 1.29 is 145 Å². The van der Waals surface area contributed by atoms with Crippen molar-refractivity contribution in [3.8, 4) is 0 Å². The third-order valence-electron chi connectivity index (χ3n) is 15.1. The predicted octanol–water partition coefficient (Wildman–Crippen LogP) is 4.34. The second-order valence-corrected chi connectivity index (χ2v) is 99.6. The Morgan fingerprint density at radius 3 is 0.808 bits per heavy atom. The maximum absolute atomic E-state index is 6.46. The zero-order valence-electron chi connectivity index (χ0n) is 67.8. The second kappa shape index (κ2) is 39.8. The molecule has 8 aliphatic heterocycles. The van der Waals surface area contributed by atoms with Crippen LogP contribution in [0.3, 0.4) is 0 Å². The van der Waals surface area contributed by atoms with Crippen LogP contribution in [0, 0.1) is 0 Å². The van der Waals surface area contributed by atoms with E-state index in [1.807, 2.05) is 56.7 Å². The number of rotatable bonds is 14. The molecule has 56 heteroatoms. The van der Waals surface area contributed by atoms with Crippen molar-refractivity contribution in [3.05, 3.63) is 85.2 Å². The van der Waals surface area contributed by atoms with Crippen LogP contribution in [0.2, 0.25) is 183 Å². The van der Waals surface area contributed by atoms with Gasteiger partial charge in [0.1, 0.15) is 19.5 Å². The Labute approximate surface area is 669 Å². The maximum atomic E-state index is 6.46. The first kappa shape index (κ1) is 103. The van der Waals surface area contributed by atoms with Gasteiger partial charge in [0.25, 0.3) is 27.6 Å². The average Bonchev–Trinajstić information content (AvgIpc) is 0.728. The van der Waals surface area contributed by atoms with Crippen molar-refractivity contribution in [2.45, 2.75) is 183 Å². The summed E-state index contributed by atoms with van der Waals surface area (Å²) in [5, 5.41) is 2.84. The van der Waals surface area contributed by atoms with Gasteiger partial charge in [0.2, 0.25) is 25.0 Å². The molecule has 104 heavy (non-hydrogen) atoms. The molecule has 0 aliphatic carbocycles. The van der Waals surface area contributed by atoms with Gasteiger partial charge >= 0.3 is 151 Å². The van der Waals surface area contributed by atoms with Crippen molar-refractivity contribution in [1.29, 1.82) is 0 Å². The monoisotopic (exact) mass is 1890 g/mol. The Bertz CT molecular complexity index is 2780. The summed E-state index contributed by atoms with van der Waals surface area (Å²) in [7, 11) is -53.1. The van der Waals surface area contributed by atoms with Gasteiger partial charge in [0, 0.05) is 120 Å². The molecule has 0 spiro atoms. The normalized spacial score (nSPS) is 37.9. The average molecular weight is 1890 g/mol. The Morgan fingerprint density at radius 2 is 0.625 bits per heavy atom. The molecular weight excluding hydrogens is 1770 g/mol. The summed E-state index contributed by atoms with van der Waals surface area (Å²) in [6.45, 7) is 61.6. The molecule has 2 aromatic rings. The van der Waals surface area contributed by atoms with E-state index in [1.165, 1.54) is 10.4 Å². The molecule has 0 amide bonds. The van der Waals surface area contributed by atoms with Gasteiger partial charge in [-0.3, -0.25) is 8.80 Å². The number of halogens is 1. The van der Waals surface area contributed by atoms with Crippen LogP contribution in [0.25, 0.3) is 0 Å². The van der Waals surface area contributed by atoms with Crippen LogP contribution in [0.15, 0.2) is 85.2 Å². The molecule has 12 bridgehead atoms. The Morgan fingerprint density at radius 1 is 0.394 bits per heavy atom. The number of fused-ring (bicyclic) bond motifs is 8. The molecule has 0 saturated carbocycles. The summed E-state index contributed by atoms with van der Waals surface area (Å²) in [4.78, 5) is 0. The number of benzene rings is 2. The molecule has 1 N–H and O–H groups in total. The molecule has 8 unspecified atom stereocenters. The minimum Gasteiger partial charge on any atom is -0.870 e. The number of hydrogen-bond acceptors (Lipinski definition) is 30. The van der Waals surface area contributed by atoms with E-state index in [0.717, 1.165) is 0 Å². The Balaban J connectivity index is 0.000000452. The van der Waals surface area contributed by atoms with E-state index in [0.29, 0.717) is 0 Å². The van der Waals surface area contributed by atoms with Gasteiger partial charge in [-0.05, 0) is 70.7 Å². The molecule has 0 aromatic heterocycles. The SMILES string of the molecule is C=C[Si](C)(C)OC.C=C[Si](C)(C)OC.CO[Si](C)(C)Cl.CO[Si](C)(C)O[Si](C)(C)c1ccccc1.C[Si-](C)c1ccccc1.C[SiH2]O[Si]1(C)O[Si]2(C)O[Si]3(C)O[SiH2]O[Si]4(C)O[Si](C)(O1)O[Si](C)(O2)O[Si](C)(O3)O4.C[SiH2]O[Si]1(C)O[Si]2(C)O[Si]3(C)O[SiH2]O[Si]4(C)O[Si](C)(O1)O[Si](C)(O2)O[Si](C)(O3)O4.[Li+].[OH-]. The summed E-state index contributed by atoms with van der Waals surface area (Å²) < 4.78 is 179. The molecule has 8 aliphatic rings. The Hall–Kier alpha value is 2.81. The zero-order chi connectivity index (χ0) is 78.1. The number of hydrogen-bond donors (Lipinski definition) is 0. The van der Waals surface area contributed by atoms with Gasteiger partial charge in [-0.25, -0.2) is 0 Å². The van der Waals surface area contributed by atoms with Crippen LogP contribution < -0.4 is 29.2 Å². The maximum Gasteiger partial charge on any atom is 1.00 e. The first-order valence-corrected chi connectivity index (χ1v) is 89.0. The van der Waals surface area contributed by atoms with E-state index in [-0.39, 0.29) is 33.1 Å². The minimum absolute atomic E-state index is 0. The van der Waals surface area contributed by atoms with Crippen molar-refractivity contribution in [1.82, 2.24) is 0 Å². The molecular formula is C48H121ClLiO30Si24-. The third-order valence-corrected chi connectivity index (χ3v) is 99.0. The van der Waals surface area contributed by atoms with E-state index >= 15 is 0 Å². The first-order valence-electron chi connectivity index (χ1n) is 33.5. The van der Waals surface area contributed by atoms with Crippen molar-refractivity contribution in [2.75, 3.05) is 28.4 Å². The van der Waals surface area contributed by atoms with Crippen LogP contribution in [-0.4, -0.2) is 247 Å². The molecule has 10 rings (SSSR count). The molecule has 0 radical (unpaired) electrons. The molecule has 8 fully saturated rings. The van der Waals surface area contributed by atoms with E-state index in [1.54, 1.807) is 107 Å². The van der Waals surface area contributed by atoms with Gasteiger partial charge in [-0.1, -0.05) is 85.2 Å². The Kier molecular flexibility index (Phi) is 39.4. The fraction of sp³-hybridized carbons (Fsp3) is 0.667. The molecule has 598 valence electrons. The largest absolute Gasteiger partial charge is 1.00 e. The van der Waals surface area contributed by atoms with Crippen LogP contribution in [-0.2, 0) is 121 Å². The summed E-state index contributed by atoms with van der Waals surface area (Å²) in [6, 6.07) is 21.1. The van der Waals surface area contributed by atoms with E-state index in [2.05, 4.69) is 133 Å². The van der Waals surface area contributed by atoms with Gasteiger partial charge in [0.05, 0.1) is 0 Å². The fourth-order valence-electron chi connectivity index (χ4n) is 10.5. The van der Waals surface area contributed by atoms with Crippen LogP contribution in [0.1, 0.15) is 0 Å². The smallest absolute Gasteiger partial charge is 0.870 e. The van der Waals surface area contributed by atoms with Crippen molar-refractivity contribution in [3.63, 3.8) is 0 Å². The summed E-state index contributed by atoms with van der Waals surface area (Å²) in [6.07, 6.45) is 0. The summed E-state index contributed by atoms with van der Waals surface area (Å²) in [5.74, 6) is 0. The topological polar surface area (TPSA) is 298 Å². The van der Waals surface area contributed by atoms with Crippen LogP contribution >= 0.6 is 11.1 Å². The summed E-state index contributed by atoms with van der Waals surface area (Å²) in [5.41, 5.74) is 3.82. The molecule has 8 saturated heterocycles. The fourth-order valence-corrected chi connectivity index (χ4v) is 102. The molecule has 2 aromatic carbocycles. The molecule has 8 atom stereocenters.